The van der Waals surface area contributed by atoms with Gasteiger partial charge in [0.15, 0.2) is 0 Å². The van der Waals surface area contributed by atoms with E-state index in [1.807, 2.05) is 0 Å². The van der Waals surface area contributed by atoms with E-state index >= 15 is 0 Å². The van der Waals surface area contributed by atoms with Crippen LogP contribution in [0.25, 0.3) is 11.1 Å². The molecule has 5 rings (SSSR count). The van der Waals surface area contributed by atoms with Crippen molar-refractivity contribution in [3.05, 3.63) is 108 Å². The summed E-state index contributed by atoms with van der Waals surface area (Å²) in [6, 6.07) is 29.0. The predicted molar refractivity (Wildman–Crippen MR) is 113 cm³/mol. The van der Waals surface area contributed by atoms with Crippen molar-refractivity contribution in [1.82, 2.24) is 4.90 Å². The molecule has 1 aliphatic carbocycles. The monoisotopic (exact) mass is 351 g/mol. The van der Waals surface area contributed by atoms with Gasteiger partial charge in [-0.25, -0.2) is 0 Å². The Labute approximate surface area is 162 Å². The van der Waals surface area contributed by atoms with Crippen molar-refractivity contribution in [2.45, 2.75) is 12.5 Å². The second-order valence-electron chi connectivity index (χ2n) is 7.95. The van der Waals surface area contributed by atoms with E-state index in [2.05, 4.69) is 103 Å². The lowest BCUT2D eigenvalue weighted by atomic mass is 9.79. The molecule has 1 heterocycles. The molecular formula is C26H25N. The van der Waals surface area contributed by atoms with Gasteiger partial charge in [-0.3, -0.25) is 4.90 Å². The number of benzene rings is 3. The van der Waals surface area contributed by atoms with Gasteiger partial charge in [0.25, 0.3) is 0 Å². The fourth-order valence-electron chi connectivity index (χ4n) is 5.30. The van der Waals surface area contributed by atoms with Crippen LogP contribution >= 0.6 is 0 Å². The molecule has 1 nitrogen and oxygen atoms in total. The largest absolute Gasteiger partial charge is 0.285 e. The molecule has 0 N–H and O–H groups in total. The van der Waals surface area contributed by atoms with E-state index in [0.29, 0.717) is 11.8 Å². The lowest BCUT2D eigenvalue weighted by molar-refractivity contribution is 0.195. The van der Waals surface area contributed by atoms with Crippen molar-refractivity contribution in [3.63, 3.8) is 0 Å². The molecule has 0 bridgehead atoms. The third kappa shape index (κ3) is 2.22. The smallest absolute Gasteiger partial charge is 0.0985 e. The first-order valence-corrected chi connectivity index (χ1v) is 9.89. The van der Waals surface area contributed by atoms with Gasteiger partial charge in [-0.1, -0.05) is 91.9 Å². The maximum absolute atomic E-state index is 4.11. The van der Waals surface area contributed by atoms with E-state index in [1.165, 1.54) is 27.8 Å². The lowest BCUT2D eigenvalue weighted by Gasteiger charge is -2.41. The summed E-state index contributed by atoms with van der Waals surface area (Å²) in [4.78, 5) is 2.70. The summed E-state index contributed by atoms with van der Waals surface area (Å²) < 4.78 is 0. The van der Waals surface area contributed by atoms with Gasteiger partial charge in [0.1, 0.15) is 0 Å². The molecule has 0 unspecified atom stereocenters. The fraction of sp³-hybridized carbons (Fsp3) is 0.231. The second kappa shape index (κ2) is 6.21. The minimum Gasteiger partial charge on any atom is -0.285 e. The van der Waals surface area contributed by atoms with E-state index in [4.69, 9.17) is 0 Å². The maximum Gasteiger partial charge on any atom is 0.0985 e. The zero-order valence-electron chi connectivity index (χ0n) is 15.8. The summed E-state index contributed by atoms with van der Waals surface area (Å²) >= 11 is 0. The quantitative estimate of drug-likeness (QED) is 0.546. The molecule has 1 fully saturated rings. The molecule has 0 spiro atoms. The van der Waals surface area contributed by atoms with Crippen LogP contribution in [-0.2, 0) is 5.54 Å². The SMILES string of the molecule is C=C[C@H]1CN(C2(c3ccccc3)c3ccccc3-c3ccccc32)C[C@H]1C. The van der Waals surface area contributed by atoms with Gasteiger partial charge in [0, 0.05) is 13.1 Å². The summed E-state index contributed by atoms with van der Waals surface area (Å²) in [7, 11) is 0. The van der Waals surface area contributed by atoms with Crippen molar-refractivity contribution < 1.29 is 0 Å². The summed E-state index contributed by atoms with van der Waals surface area (Å²) in [6.45, 7) is 8.59. The highest BCUT2D eigenvalue weighted by Gasteiger charge is 2.51. The van der Waals surface area contributed by atoms with Crippen molar-refractivity contribution in [2.75, 3.05) is 13.1 Å². The Morgan fingerprint density at radius 2 is 1.37 bits per heavy atom. The normalized spacial score (nSPS) is 23.0. The number of likely N-dealkylation sites (tertiary alicyclic amines) is 1. The number of hydrogen-bond donors (Lipinski definition) is 0. The van der Waals surface area contributed by atoms with E-state index in [-0.39, 0.29) is 5.54 Å². The molecule has 27 heavy (non-hydrogen) atoms. The Balaban J connectivity index is 1.84. The first-order valence-electron chi connectivity index (χ1n) is 9.89. The van der Waals surface area contributed by atoms with Crippen LogP contribution < -0.4 is 0 Å². The molecule has 134 valence electrons. The van der Waals surface area contributed by atoms with Gasteiger partial charge in [-0.15, -0.1) is 6.58 Å². The molecule has 0 radical (unpaired) electrons. The zero-order chi connectivity index (χ0) is 18.4. The van der Waals surface area contributed by atoms with Crippen molar-refractivity contribution in [1.29, 1.82) is 0 Å². The number of fused-ring (bicyclic) bond motifs is 3. The number of rotatable bonds is 3. The van der Waals surface area contributed by atoms with Gasteiger partial charge < -0.3 is 0 Å². The van der Waals surface area contributed by atoms with Crippen LogP contribution in [0.4, 0.5) is 0 Å². The zero-order valence-corrected chi connectivity index (χ0v) is 15.8. The highest BCUT2D eigenvalue weighted by molar-refractivity contribution is 5.83. The third-order valence-corrected chi connectivity index (χ3v) is 6.56. The molecule has 0 amide bonds. The molecule has 0 aromatic heterocycles. The average Bonchev–Trinajstić information content (AvgIpc) is 3.25. The van der Waals surface area contributed by atoms with Gasteiger partial charge in [-0.05, 0) is 39.7 Å². The second-order valence-corrected chi connectivity index (χ2v) is 7.95. The summed E-state index contributed by atoms with van der Waals surface area (Å²) in [5, 5.41) is 0. The Bertz CT molecular complexity index is 942. The fourth-order valence-corrected chi connectivity index (χ4v) is 5.30. The number of nitrogens with zero attached hydrogens (tertiary/aromatic N) is 1. The van der Waals surface area contributed by atoms with E-state index in [9.17, 15) is 0 Å². The molecule has 3 aromatic carbocycles. The standard InChI is InChI=1S/C26H25N/c1-3-20-18-27(17-19(20)2)26(21-11-5-4-6-12-21)24-15-9-7-13-22(24)23-14-8-10-16-25(23)26/h3-16,19-20H,1,17-18H2,2H3/t19-,20+/m1/s1. The van der Waals surface area contributed by atoms with Gasteiger partial charge in [-0.2, -0.15) is 0 Å². The molecule has 1 aliphatic heterocycles. The van der Waals surface area contributed by atoms with E-state index in [0.717, 1.165) is 13.1 Å². The molecule has 1 heteroatoms. The first-order chi connectivity index (χ1) is 13.3. The molecule has 3 aromatic rings. The molecule has 2 aliphatic rings. The van der Waals surface area contributed by atoms with E-state index < -0.39 is 0 Å². The van der Waals surface area contributed by atoms with Crippen LogP contribution in [0, 0.1) is 11.8 Å². The molecule has 1 saturated heterocycles. The highest BCUT2D eigenvalue weighted by atomic mass is 15.2. The van der Waals surface area contributed by atoms with E-state index in [1.54, 1.807) is 0 Å². The van der Waals surface area contributed by atoms with Crippen molar-refractivity contribution in [2.24, 2.45) is 11.8 Å². The topological polar surface area (TPSA) is 3.24 Å². The lowest BCUT2D eigenvalue weighted by Crippen LogP contribution is -2.45. The average molecular weight is 351 g/mol. The summed E-state index contributed by atoms with van der Waals surface area (Å²) in [6.07, 6.45) is 2.15. The minimum absolute atomic E-state index is 0.222. The first kappa shape index (κ1) is 16.5. The van der Waals surface area contributed by atoms with Crippen LogP contribution in [0.15, 0.2) is 91.5 Å². The molecule has 2 atom stereocenters. The predicted octanol–water partition coefficient (Wildman–Crippen LogP) is 5.71. The van der Waals surface area contributed by atoms with Gasteiger partial charge in [0.2, 0.25) is 0 Å². The number of hydrogen-bond acceptors (Lipinski definition) is 1. The Kier molecular flexibility index (Phi) is 3.80. The van der Waals surface area contributed by atoms with Crippen LogP contribution in [0.3, 0.4) is 0 Å². The van der Waals surface area contributed by atoms with Gasteiger partial charge >= 0.3 is 0 Å². The Hall–Kier alpha value is -2.64. The highest BCUT2D eigenvalue weighted by Crippen LogP contribution is 2.55. The van der Waals surface area contributed by atoms with Crippen LogP contribution in [0.5, 0.6) is 0 Å². The van der Waals surface area contributed by atoms with Crippen molar-refractivity contribution >= 4 is 0 Å². The Morgan fingerprint density at radius 1 is 0.815 bits per heavy atom. The Morgan fingerprint density at radius 3 is 1.93 bits per heavy atom. The molecular weight excluding hydrogens is 326 g/mol. The van der Waals surface area contributed by atoms with Crippen LogP contribution in [-0.4, -0.2) is 18.0 Å². The summed E-state index contributed by atoms with van der Waals surface area (Å²) in [5.74, 6) is 1.15. The van der Waals surface area contributed by atoms with Crippen LogP contribution in [0.1, 0.15) is 23.6 Å². The third-order valence-electron chi connectivity index (χ3n) is 6.56. The minimum atomic E-state index is -0.222. The maximum atomic E-state index is 4.11. The summed E-state index contributed by atoms with van der Waals surface area (Å²) in [5.41, 5.74) is 6.70. The van der Waals surface area contributed by atoms with Gasteiger partial charge in [0.05, 0.1) is 5.54 Å². The van der Waals surface area contributed by atoms with Crippen LogP contribution in [0.2, 0.25) is 0 Å². The van der Waals surface area contributed by atoms with Crippen molar-refractivity contribution in [3.8, 4) is 11.1 Å². The molecule has 0 saturated carbocycles.